The number of aliphatic hydroxyl groups is 1. The van der Waals surface area contributed by atoms with E-state index in [1.807, 2.05) is 24.3 Å². The molecule has 0 bridgehead atoms. The fourth-order valence-electron chi connectivity index (χ4n) is 2.50. The van der Waals surface area contributed by atoms with E-state index in [1.165, 1.54) is 24.2 Å². The van der Waals surface area contributed by atoms with Crippen LogP contribution in [0.25, 0.3) is 10.2 Å². The van der Waals surface area contributed by atoms with Crippen molar-refractivity contribution in [1.29, 1.82) is 0 Å². The Morgan fingerprint density at radius 3 is 2.95 bits per heavy atom. The Kier molecular flexibility index (Phi) is 5.25. The van der Waals surface area contributed by atoms with E-state index in [1.54, 1.807) is 0 Å². The smallest absolute Gasteiger partial charge is 0.204 e. The molecule has 1 aromatic carbocycles. The van der Waals surface area contributed by atoms with Crippen LogP contribution in [0, 0.1) is 0 Å². The van der Waals surface area contributed by atoms with Crippen LogP contribution in [0.2, 0.25) is 0 Å². The lowest BCUT2D eigenvalue weighted by molar-refractivity contribution is 0.0233. The number of para-hydroxylation sites is 1. The number of β-amino-alcohol motifs (C(OH)–C–C–N with tert-alkyl or cyclic N) is 1. The molecule has 0 aliphatic carbocycles. The van der Waals surface area contributed by atoms with Crippen LogP contribution in [0.3, 0.4) is 0 Å². The molecule has 0 amide bonds. The van der Waals surface area contributed by atoms with Gasteiger partial charge in [-0.3, -0.25) is 0 Å². The van der Waals surface area contributed by atoms with Gasteiger partial charge in [-0.1, -0.05) is 28.9 Å². The standard InChI is InChI=1S/C15H18ClN3O2S/c16-14(15-17-12-5-1-2-6-13(12)22-15)18-21-10-11(20)9-19-7-3-4-8-19/h1-2,5-6,11,20H,3-4,7-10H2/b18-14-. The number of rotatable bonds is 6. The highest BCUT2D eigenvalue weighted by molar-refractivity contribution is 7.21. The lowest BCUT2D eigenvalue weighted by Crippen LogP contribution is -2.32. The highest BCUT2D eigenvalue weighted by Crippen LogP contribution is 2.23. The van der Waals surface area contributed by atoms with Crippen LogP contribution in [0.15, 0.2) is 29.4 Å². The Morgan fingerprint density at radius 1 is 1.41 bits per heavy atom. The summed E-state index contributed by atoms with van der Waals surface area (Å²) in [4.78, 5) is 11.8. The summed E-state index contributed by atoms with van der Waals surface area (Å²) >= 11 is 7.58. The third-order valence-electron chi connectivity index (χ3n) is 3.55. The van der Waals surface area contributed by atoms with Crippen LogP contribution in [0.5, 0.6) is 0 Å². The number of halogens is 1. The fourth-order valence-corrected chi connectivity index (χ4v) is 3.54. The van der Waals surface area contributed by atoms with Crippen molar-refractivity contribution in [3.05, 3.63) is 29.3 Å². The second-order valence-electron chi connectivity index (χ2n) is 5.33. The normalized spacial score (nSPS) is 18.0. The molecule has 0 radical (unpaired) electrons. The third-order valence-corrected chi connectivity index (χ3v) is 4.95. The Balaban J connectivity index is 1.53. The van der Waals surface area contributed by atoms with Gasteiger partial charge in [0.2, 0.25) is 5.17 Å². The third kappa shape index (κ3) is 3.95. The molecule has 0 saturated carbocycles. The minimum atomic E-state index is -0.554. The molecule has 1 aromatic heterocycles. The molecule has 118 valence electrons. The lowest BCUT2D eigenvalue weighted by Gasteiger charge is -2.18. The maximum absolute atomic E-state index is 9.92. The molecule has 1 aliphatic rings. The van der Waals surface area contributed by atoms with Gasteiger partial charge in [-0.25, -0.2) is 4.98 Å². The van der Waals surface area contributed by atoms with Gasteiger partial charge in [-0.05, 0) is 38.1 Å². The summed E-state index contributed by atoms with van der Waals surface area (Å²) in [7, 11) is 0. The van der Waals surface area contributed by atoms with Gasteiger partial charge in [0, 0.05) is 6.54 Å². The first-order chi connectivity index (χ1) is 10.7. The van der Waals surface area contributed by atoms with Gasteiger partial charge in [-0.15, -0.1) is 11.3 Å². The molecule has 2 heterocycles. The van der Waals surface area contributed by atoms with Crippen LogP contribution in [-0.4, -0.2) is 52.5 Å². The number of fused-ring (bicyclic) bond motifs is 1. The van der Waals surface area contributed by atoms with Crippen molar-refractivity contribution in [2.75, 3.05) is 26.2 Å². The van der Waals surface area contributed by atoms with Gasteiger partial charge in [0.15, 0.2) is 5.01 Å². The average molecular weight is 340 g/mol. The van der Waals surface area contributed by atoms with E-state index in [0.717, 1.165) is 23.3 Å². The summed E-state index contributed by atoms with van der Waals surface area (Å²) < 4.78 is 1.06. The Morgan fingerprint density at radius 2 is 2.18 bits per heavy atom. The second-order valence-corrected chi connectivity index (χ2v) is 6.71. The zero-order valence-corrected chi connectivity index (χ0v) is 13.7. The number of likely N-dealkylation sites (tertiary alicyclic amines) is 1. The summed E-state index contributed by atoms with van der Waals surface area (Å²) in [6, 6.07) is 7.81. The Bertz CT molecular complexity index is 622. The van der Waals surface area contributed by atoms with Crippen LogP contribution in [0.1, 0.15) is 17.8 Å². The van der Waals surface area contributed by atoms with E-state index in [4.69, 9.17) is 16.4 Å². The molecular formula is C15H18ClN3O2S. The monoisotopic (exact) mass is 339 g/mol. The number of nitrogens with zero attached hydrogens (tertiary/aromatic N) is 3. The second kappa shape index (κ2) is 7.37. The first-order valence-electron chi connectivity index (χ1n) is 7.34. The summed E-state index contributed by atoms with van der Waals surface area (Å²) in [6.07, 6.45) is 1.85. The number of benzene rings is 1. The van der Waals surface area contributed by atoms with E-state index in [2.05, 4.69) is 15.0 Å². The average Bonchev–Trinajstić information content (AvgIpc) is 3.15. The maximum Gasteiger partial charge on any atom is 0.204 e. The first kappa shape index (κ1) is 15.7. The molecule has 1 fully saturated rings. The van der Waals surface area contributed by atoms with Crippen LogP contribution in [-0.2, 0) is 4.84 Å². The molecule has 7 heteroatoms. The highest BCUT2D eigenvalue weighted by Gasteiger charge is 2.16. The van der Waals surface area contributed by atoms with Gasteiger partial charge >= 0.3 is 0 Å². The van der Waals surface area contributed by atoms with Crippen molar-refractivity contribution >= 4 is 38.3 Å². The van der Waals surface area contributed by atoms with Gasteiger partial charge in [0.25, 0.3) is 0 Å². The first-order valence-corrected chi connectivity index (χ1v) is 8.53. The van der Waals surface area contributed by atoms with Gasteiger partial charge in [0.05, 0.1) is 10.2 Å². The van der Waals surface area contributed by atoms with Crippen molar-refractivity contribution in [2.24, 2.45) is 5.16 Å². The Hall–Kier alpha value is -1.21. The van der Waals surface area contributed by atoms with Crippen molar-refractivity contribution in [3.8, 4) is 0 Å². The molecule has 1 atom stereocenters. The van der Waals surface area contributed by atoms with E-state index in [9.17, 15) is 5.11 Å². The molecular weight excluding hydrogens is 322 g/mol. The quantitative estimate of drug-likeness (QED) is 0.649. The van der Waals surface area contributed by atoms with E-state index in [0.29, 0.717) is 11.6 Å². The van der Waals surface area contributed by atoms with E-state index >= 15 is 0 Å². The predicted molar refractivity (Wildman–Crippen MR) is 89.6 cm³/mol. The topological polar surface area (TPSA) is 58.0 Å². The molecule has 1 unspecified atom stereocenters. The van der Waals surface area contributed by atoms with E-state index in [-0.39, 0.29) is 11.8 Å². The lowest BCUT2D eigenvalue weighted by atomic mass is 10.3. The van der Waals surface area contributed by atoms with Crippen molar-refractivity contribution in [3.63, 3.8) is 0 Å². The summed E-state index contributed by atoms with van der Waals surface area (Å²) in [6.45, 7) is 2.85. The van der Waals surface area contributed by atoms with Crippen molar-refractivity contribution in [2.45, 2.75) is 18.9 Å². The molecule has 3 rings (SSSR count). The minimum absolute atomic E-state index is 0.137. The molecule has 1 N–H and O–H groups in total. The number of oxime groups is 1. The molecule has 22 heavy (non-hydrogen) atoms. The van der Waals surface area contributed by atoms with Gasteiger partial charge in [-0.2, -0.15) is 0 Å². The van der Waals surface area contributed by atoms with Crippen LogP contribution in [0.4, 0.5) is 0 Å². The number of hydrogen-bond acceptors (Lipinski definition) is 6. The predicted octanol–water partition coefficient (Wildman–Crippen LogP) is 2.67. The maximum atomic E-state index is 9.92. The summed E-state index contributed by atoms with van der Waals surface area (Å²) in [5.74, 6) is 0. The number of aromatic nitrogens is 1. The SMILES string of the molecule is OC(CO/N=C(\Cl)c1nc2ccccc2s1)CN1CCCC1. The van der Waals surface area contributed by atoms with Gasteiger partial charge in [0.1, 0.15) is 12.7 Å². The molecule has 5 nitrogen and oxygen atoms in total. The number of hydrogen-bond donors (Lipinski definition) is 1. The number of thiazole rings is 1. The van der Waals surface area contributed by atoms with Crippen molar-refractivity contribution in [1.82, 2.24) is 9.88 Å². The Labute approximate surface area is 138 Å². The summed E-state index contributed by atoms with van der Waals surface area (Å²) in [5.41, 5.74) is 0.893. The number of aliphatic hydroxyl groups excluding tert-OH is 1. The molecule has 0 spiro atoms. The zero-order valence-electron chi connectivity index (χ0n) is 12.1. The fraction of sp³-hybridized carbons (Fsp3) is 0.467. The molecule has 1 saturated heterocycles. The zero-order chi connectivity index (χ0) is 15.4. The molecule has 1 aliphatic heterocycles. The summed E-state index contributed by atoms with van der Waals surface area (Å²) in [5, 5.41) is 14.6. The van der Waals surface area contributed by atoms with Crippen LogP contribution < -0.4 is 0 Å². The minimum Gasteiger partial charge on any atom is -0.392 e. The van der Waals surface area contributed by atoms with Crippen molar-refractivity contribution < 1.29 is 9.94 Å². The molecule has 2 aromatic rings. The van der Waals surface area contributed by atoms with Crippen LogP contribution >= 0.6 is 22.9 Å². The highest BCUT2D eigenvalue weighted by atomic mass is 35.5. The largest absolute Gasteiger partial charge is 0.392 e. The van der Waals surface area contributed by atoms with Gasteiger partial charge < -0.3 is 14.8 Å². The van der Waals surface area contributed by atoms with E-state index < -0.39 is 6.10 Å².